The highest BCUT2D eigenvalue weighted by Crippen LogP contribution is 2.46. The molecule has 12 N–H and O–H groups in total. The Morgan fingerprint density at radius 2 is 1.31 bits per heavy atom. The number of phenolic OH excluding ortho intramolecular Hbond substituents is 2. The molecule has 1 aromatic heterocycles. The molecule has 0 aliphatic carbocycles. The highest BCUT2D eigenvalue weighted by molar-refractivity contribution is 5.88. The molecule has 0 spiro atoms. The summed E-state index contributed by atoms with van der Waals surface area (Å²) < 4.78 is 34.3. The van der Waals surface area contributed by atoms with Crippen LogP contribution >= 0.6 is 0 Å². The number of rotatable bonds is 8. The maximum absolute atomic E-state index is 13.6. The number of benzene rings is 2. The van der Waals surface area contributed by atoms with E-state index in [2.05, 4.69) is 0 Å². The third-order valence-electron chi connectivity index (χ3n) is 9.14. The molecule has 2 aromatic carbocycles. The lowest BCUT2D eigenvalue weighted by atomic mass is 9.91. The number of hydrogen-bond donors (Lipinski definition) is 12. The van der Waals surface area contributed by atoms with Gasteiger partial charge in [-0.05, 0) is 24.3 Å². The predicted molar refractivity (Wildman–Crippen MR) is 165 cm³/mol. The molecule has 3 fully saturated rings. The van der Waals surface area contributed by atoms with Gasteiger partial charge < -0.3 is 89.4 Å². The Kier molecular flexibility index (Phi) is 10.8. The lowest BCUT2D eigenvalue weighted by Crippen LogP contribution is -2.61. The van der Waals surface area contributed by atoms with Crippen molar-refractivity contribution in [2.45, 2.75) is 85.8 Å². The standard InChI is InChI=1S/C32H38O19/c33-7-17-22(39)25(42)27(44)31(49-17)48-16-6-15-19(12(36)5-14(47-15)10-1-3-11(35)4-2-10)24(41)20(16)29-30(21(38)13(37)9-46-29)51-32-28(45)26(43)23(40)18(8-34)50-32/h1-6,13,17-18,21-23,25-35,37-45H,7-9H2/t13-,17+,18+,21+,22+,23+,25-,26-,27+,28+,29+,30+,31+,32-/m0/s1. The Labute approximate surface area is 286 Å². The van der Waals surface area contributed by atoms with Crippen LogP contribution in [-0.2, 0) is 18.9 Å². The van der Waals surface area contributed by atoms with Gasteiger partial charge in [0.1, 0.15) is 107 Å². The SMILES string of the molecule is O=c1cc(-c2ccc(O)cc2)oc2cc(O[C@@H]3O[C@H](CO)[C@@H](O)[C@H](O)[C@H]3O)c([C@H]3OC[C@H](O)[C@@H](O)[C@H]3O[C@@H]3O[C@H](CO)[C@@H](O)[C@H](O)[C@H]3O)c(O)c12. The van der Waals surface area contributed by atoms with Gasteiger partial charge in [0.2, 0.25) is 6.29 Å². The van der Waals surface area contributed by atoms with Crippen molar-refractivity contribution in [3.8, 4) is 28.6 Å². The van der Waals surface area contributed by atoms with E-state index in [4.69, 9.17) is 28.1 Å². The fourth-order valence-corrected chi connectivity index (χ4v) is 6.25. The average Bonchev–Trinajstić information content (AvgIpc) is 3.11. The lowest BCUT2D eigenvalue weighted by molar-refractivity contribution is -0.336. The molecule has 4 heterocycles. The summed E-state index contributed by atoms with van der Waals surface area (Å²) >= 11 is 0. The molecule has 3 aromatic rings. The van der Waals surface area contributed by atoms with Crippen LogP contribution < -0.4 is 10.2 Å². The maximum atomic E-state index is 13.6. The summed E-state index contributed by atoms with van der Waals surface area (Å²) in [5, 5.41) is 125. The Balaban J connectivity index is 1.49. The van der Waals surface area contributed by atoms with Crippen LogP contribution in [0.2, 0.25) is 0 Å². The molecule has 3 aliphatic rings. The number of aliphatic hydroxyl groups excluding tert-OH is 10. The highest BCUT2D eigenvalue weighted by atomic mass is 16.7. The van der Waals surface area contributed by atoms with Gasteiger partial charge >= 0.3 is 0 Å². The Bertz CT molecular complexity index is 1730. The average molecular weight is 727 g/mol. The number of fused-ring (bicyclic) bond motifs is 1. The molecule has 3 saturated heterocycles. The van der Waals surface area contributed by atoms with Gasteiger partial charge in [0.05, 0.1) is 25.4 Å². The van der Waals surface area contributed by atoms with Gasteiger partial charge in [0, 0.05) is 17.7 Å². The largest absolute Gasteiger partial charge is 0.508 e. The third-order valence-corrected chi connectivity index (χ3v) is 9.14. The molecule has 19 nitrogen and oxygen atoms in total. The Morgan fingerprint density at radius 3 is 1.92 bits per heavy atom. The second-order valence-corrected chi connectivity index (χ2v) is 12.5. The molecule has 280 valence electrons. The molecule has 0 radical (unpaired) electrons. The van der Waals surface area contributed by atoms with Crippen LogP contribution in [0.15, 0.2) is 45.6 Å². The number of ether oxygens (including phenoxy) is 5. The van der Waals surface area contributed by atoms with E-state index in [1.807, 2.05) is 0 Å². The Morgan fingerprint density at radius 1 is 0.725 bits per heavy atom. The van der Waals surface area contributed by atoms with Gasteiger partial charge in [0.15, 0.2) is 11.7 Å². The van der Waals surface area contributed by atoms with E-state index in [0.29, 0.717) is 5.56 Å². The van der Waals surface area contributed by atoms with E-state index < -0.39 is 134 Å². The van der Waals surface area contributed by atoms with Gasteiger partial charge in [-0.1, -0.05) is 0 Å². The summed E-state index contributed by atoms with van der Waals surface area (Å²) in [6.45, 7) is -2.26. The molecule has 51 heavy (non-hydrogen) atoms. The second-order valence-electron chi connectivity index (χ2n) is 12.5. The van der Waals surface area contributed by atoms with Crippen LogP contribution in [0.4, 0.5) is 0 Å². The van der Waals surface area contributed by atoms with Crippen molar-refractivity contribution in [2.24, 2.45) is 0 Å². The van der Waals surface area contributed by atoms with Crippen molar-refractivity contribution in [1.29, 1.82) is 0 Å². The van der Waals surface area contributed by atoms with Crippen LogP contribution in [0.3, 0.4) is 0 Å². The lowest BCUT2D eigenvalue weighted by Gasteiger charge is -2.45. The van der Waals surface area contributed by atoms with E-state index in [1.165, 1.54) is 24.3 Å². The third kappa shape index (κ3) is 6.90. The summed E-state index contributed by atoms with van der Waals surface area (Å²) in [4.78, 5) is 13.6. The van der Waals surface area contributed by atoms with E-state index in [-0.39, 0.29) is 17.1 Å². The minimum Gasteiger partial charge on any atom is -0.508 e. The topological polar surface area (TPSA) is 319 Å². The van der Waals surface area contributed by atoms with Crippen LogP contribution in [-0.4, -0.2) is 161 Å². The van der Waals surface area contributed by atoms with Crippen LogP contribution in [0.5, 0.6) is 17.2 Å². The van der Waals surface area contributed by atoms with Gasteiger partial charge in [-0.2, -0.15) is 0 Å². The zero-order chi connectivity index (χ0) is 36.9. The summed E-state index contributed by atoms with van der Waals surface area (Å²) in [7, 11) is 0. The van der Waals surface area contributed by atoms with E-state index in [9.17, 15) is 66.1 Å². The quantitative estimate of drug-likeness (QED) is 0.105. The minimum atomic E-state index is -1.98. The fourth-order valence-electron chi connectivity index (χ4n) is 6.25. The van der Waals surface area contributed by atoms with Crippen molar-refractivity contribution < 1.29 is 89.4 Å². The van der Waals surface area contributed by atoms with E-state index in [1.54, 1.807) is 0 Å². The highest BCUT2D eigenvalue weighted by Gasteiger charge is 2.51. The van der Waals surface area contributed by atoms with Gasteiger partial charge in [-0.15, -0.1) is 0 Å². The predicted octanol–water partition coefficient (Wildman–Crippen LogP) is -3.97. The van der Waals surface area contributed by atoms with Gasteiger partial charge in [0.25, 0.3) is 0 Å². The first-order valence-electron chi connectivity index (χ1n) is 15.8. The second kappa shape index (κ2) is 14.8. The zero-order valence-corrected chi connectivity index (χ0v) is 26.4. The summed E-state index contributed by atoms with van der Waals surface area (Å²) in [5.74, 6) is -1.46. The smallest absolute Gasteiger partial charge is 0.229 e. The van der Waals surface area contributed by atoms with E-state index >= 15 is 0 Å². The molecular weight excluding hydrogens is 688 g/mol. The number of phenols is 2. The van der Waals surface area contributed by atoms with Crippen LogP contribution in [0.25, 0.3) is 22.3 Å². The first-order chi connectivity index (χ1) is 24.2. The number of aliphatic hydroxyl groups is 10. The molecule has 0 unspecified atom stereocenters. The summed E-state index contributed by atoms with van der Waals surface area (Å²) in [6, 6.07) is 7.68. The maximum Gasteiger partial charge on any atom is 0.229 e. The van der Waals surface area contributed by atoms with Crippen molar-refractivity contribution in [3.05, 3.63) is 52.2 Å². The molecule has 14 atom stereocenters. The molecular formula is C32H38O19. The Hall–Kier alpha value is -3.51. The molecule has 6 rings (SSSR count). The van der Waals surface area contributed by atoms with Crippen LogP contribution in [0, 0.1) is 0 Å². The minimum absolute atomic E-state index is 0.0188. The van der Waals surface area contributed by atoms with Crippen LogP contribution in [0.1, 0.15) is 11.7 Å². The molecule has 0 amide bonds. The molecule has 19 heteroatoms. The van der Waals surface area contributed by atoms with E-state index in [0.717, 1.165) is 12.1 Å². The van der Waals surface area contributed by atoms with Gasteiger partial charge in [-0.25, -0.2) is 0 Å². The van der Waals surface area contributed by atoms with Crippen molar-refractivity contribution in [1.82, 2.24) is 0 Å². The number of hydrogen-bond acceptors (Lipinski definition) is 19. The molecule has 0 saturated carbocycles. The summed E-state index contributed by atoms with van der Waals surface area (Å²) in [5.41, 5.74) is -1.26. The molecule has 0 bridgehead atoms. The normalized spacial score (nSPS) is 37.4. The first-order valence-corrected chi connectivity index (χ1v) is 15.8. The summed E-state index contributed by atoms with van der Waals surface area (Å²) in [6.07, 6.45) is -25.0. The van der Waals surface area contributed by atoms with Crippen molar-refractivity contribution in [3.63, 3.8) is 0 Å². The molecule has 3 aliphatic heterocycles. The van der Waals surface area contributed by atoms with Crippen molar-refractivity contribution >= 4 is 11.0 Å². The van der Waals surface area contributed by atoms with Crippen molar-refractivity contribution in [2.75, 3.05) is 19.8 Å². The monoisotopic (exact) mass is 726 g/mol. The van der Waals surface area contributed by atoms with Gasteiger partial charge in [-0.3, -0.25) is 4.79 Å². The fraction of sp³-hybridized carbons (Fsp3) is 0.531. The number of aromatic hydroxyl groups is 2. The first kappa shape index (κ1) is 37.3. The zero-order valence-electron chi connectivity index (χ0n) is 26.4.